The van der Waals surface area contributed by atoms with Crippen molar-refractivity contribution >= 4 is 11.9 Å². The molecule has 0 aliphatic carbocycles. The number of rotatable bonds is 2. The van der Waals surface area contributed by atoms with Crippen LogP contribution in [-0.2, 0) is 19.9 Å². The van der Waals surface area contributed by atoms with Gasteiger partial charge in [-0.1, -0.05) is 60.7 Å². The average Bonchev–Trinajstić information content (AvgIpc) is 2.58. The summed E-state index contributed by atoms with van der Waals surface area (Å²) in [5.74, 6) is -1.44. The van der Waals surface area contributed by atoms with Crippen molar-refractivity contribution < 1.29 is 14.3 Å². The van der Waals surface area contributed by atoms with E-state index in [1.165, 1.54) is 4.90 Å². The Morgan fingerprint density at radius 3 is 1.82 bits per heavy atom. The molecule has 0 aromatic heterocycles. The average molecular weight is 295 g/mol. The van der Waals surface area contributed by atoms with Crippen molar-refractivity contribution in [2.24, 2.45) is 0 Å². The van der Waals surface area contributed by atoms with Gasteiger partial charge in [0.2, 0.25) is 0 Å². The number of likely N-dealkylation sites (N-methyl/N-ethyl adjacent to an activating group) is 1. The van der Waals surface area contributed by atoms with E-state index in [1.54, 1.807) is 7.05 Å². The van der Waals surface area contributed by atoms with Crippen LogP contribution in [0.1, 0.15) is 18.1 Å². The van der Waals surface area contributed by atoms with E-state index < -0.39 is 17.5 Å². The van der Waals surface area contributed by atoms with Gasteiger partial charge in [0.15, 0.2) is 5.60 Å². The Morgan fingerprint density at radius 1 is 0.909 bits per heavy atom. The number of benzene rings is 2. The lowest BCUT2D eigenvalue weighted by Gasteiger charge is -2.46. The van der Waals surface area contributed by atoms with Crippen molar-refractivity contribution in [1.82, 2.24) is 4.90 Å². The van der Waals surface area contributed by atoms with Crippen molar-refractivity contribution in [2.45, 2.75) is 18.6 Å². The third-order valence-electron chi connectivity index (χ3n) is 4.32. The third-order valence-corrected chi connectivity index (χ3v) is 4.32. The molecule has 1 saturated heterocycles. The maximum atomic E-state index is 12.1. The fourth-order valence-electron chi connectivity index (χ4n) is 3.01. The molecule has 1 amide bonds. The number of nitrogens with zero attached hydrogens (tertiary/aromatic N) is 1. The summed E-state index contributed by atoms with van der Waals surface area (Å²) in [6.07, 6.45) is 0. The molecule has 22 heavy (non-hydrogen) atoms. The molecule has 0 radical (unpaired) electrons. The molecular weight excluding hydrogens is 278 g/mol. The number of carbonyl (C=O) groups excluding carboxylic acids is 2. The third kappa shape index (κ3) is 1.99. The smallest absolute Gasteiger partial charge is 0.398 e. The van der Waals surface area contributed by atoms with Crippen LogP contribution >= 0.6 is 0 Å². The van der Waals surface area contributed by atoms with Gasteiger partial charge in [0.25, 0.3) is 0 Å². The summed E-state index contributed by atoms with van der Waals surface area (Å²) in [5, 5.41) is 0. The van der Waals surface area contributed by atoms with Crippen LogP contribution in [0.3, 0.4) is 0 Å². The van der Waals surface area contributed by atoms with Crippen LogP contribution in [0.5, 0.6) is 0 Å². The van der Waals surface area contributed by atoms with E-state index in [-0.39, 0.29) is 6.04 Å². The molecule has 2 aromatic carbocycles. The molecule has 4 heteroatoms. The predicted molar refractivity (Wildman–Crippen MR) is 82.0 cm³/mol. The first-order chi connectivity index (χ1) is 10.6. The molecule has 1 heterocycles. The zero-order chi connectivity index (χ0) is 15.7. The molecule has 1 aliphatic rings. The van der Waals surface area contributed by atoms with Crippen LogP contribution < -0.4 is 0 Å². The van der Waals surface area contributed by atoms with Crippen molar-refractivity contribution in [3.8, 4) is 0 Å². The van der Waals surface area contributed by atoms with Crippen LogP contribution in [0.25, 0.3) is 0 Å². The molecule has 3 rings (SSSR count). The van der Waals surface area contributed by atoms with Gasteiger partial charge in [0.05, 0.1) is 6.04 Å². The summed E-state index contributed by atoms with van der Waals surface area (Å²) in [5.41, 5.74) is 0.699. The number of amides is 1. The molecule has 0 spiro atoms. The first-order valence-corrected chi connectivity index (χ1v) is 7.18. The van der Waals surface area contributed by atoms with Crippen LogP contribution in [0.4, 0.5) is 0 Å². The largest absolute Gasteiger partial charge is 0.440 e. The SMILES string of the molecule is C[C@@H]1N(C)C(=O)C(=O)OC1(c1ccccc1)c1ccccc1. The van der Waals surface area contributed by atoms with Gasteiger partial charge >= 0.3 is 11.9 Å². The highest BCUT2D eigenvalue weighted by molar-refractivity contribution is 6.33. The minimum absolute atomic E-state index is 0.317. The van der Waals surface area contributed by atoms with E-state index >= 15 is 0 Å². The molecular formula is C18H17NO3. The second-order valence-electron chi connectivity index (χ2n) is 5.45. The van der Waals surface area contributed by atoms with E-state index in [9.17, 15) is 9.59 Å². The van der Waals surface area contributed by atoms with E-state index in [0.717, 1.165) is 11.1 Å². The molecule has 2 aromatic rings. The molecule has 4 nitrogen and oxygen atoms in total. The zero-order valence-corrected chi connectivity index (χ0v) is 12.5. The number of ether oxygens (including phenoxy) is 1. The number of morpholine rings is 1. The van der Waals surface area contributed by atoms with Gasteiger partial charge in [-0.25, -0.2) is 4.79 Å². The summed E-state index contributed by atoms with van der Waals surface area (Å²) in [6, 6.07) is 18.8. The Hall–Kier alpha value is -2.62. The number of hydrogen-bond donors (Lipinski definition) is 0. The topological polar surface area (TPSA) is 46.6 Å². The van der Waals surface area contributed by atoms with E-state index in [2.05, 4.69) is 0 Å². The number of esters is 1. The number of carbonyl (C=O) groups is 2. The fraction of sp³-hybridized carbons (Fsp3) is 0.222. The normalized spacial score (nSPS) is 20.6. The second kappa shape index (κ2) is 5.30. The van der Waals surface area contributed by atoms with Crippen LogP contribution in [0.2, 0.25) is 0 Å². The first-order valence-electron chi connectivity index (χ1n) is 7.18. The lowest BCUT2D eigenvalue weighted by molar-refractivity contribution is -0.186. The summed E-state index contributed by atoms with van der Waals surface area (Å²) in [7, 11) is 1.63. The second-order valence-corrected chi connectivity index (χ2v) is 5.45. The highest BCUT2D eigenvalue weighted by atomic mass is 16.6. The zero-order valence-electron chi connectivity index (χ0n) is 12.5. The summed E-state index contributed by atoms with van der Waals surface area (Å²) >= 11 is 0. The van der Waals surface area contributed by atoms with Gasteiger partial charge in [0.1, 0.15) is 0 Å². The number of cyclic esters (lactones) is 1. The van der Waals surface area contributed by atoms with Crippen molar-refractivity contribution in [2.75, 3.05) is 7.05 Å². The van der Waals surface area contributed by atoms with Gasteiger partial charge in [0, 0.05) is 18.2 Å². The number of hydrogen-bond acceptors (Lipinski definition) is 3. The van der Waals surface area contributed by atoms with Crippen molar-refractivity contribution in [3.63, 3.8) is 0 Å². The highest BCUT2D eigenvalue weighted by Crippen LogP contribution is 2.41. The fourth-order valence-corrected chi connectivity index (χ4v) is 3.01. The maximum Gasteiger partial charge on any atom is 0.398 e. The minimum atomic E-state index is -0.998. The Kier molecular flexibility index (Phi) is 3.45. The van der Waals surface area contributed by atoms with E-state index in [1.807, 2.05) is 67.6 Å². The maximum absolute atomic E-state index is 12.1. The van der Waals surface area contributed by atoms with Crippen LogP contribution in [-0.4, -0.2) is 29.9 Å². The van der Waals surface area contributed by atoms with Gasteiger partial charge in [-0.05, 0) is 6.92 Å². The Morgan fingerprint density at radius 2 is 1.36 bits per heavy atom. The van der Waals surface area contributed by atoms with Crippen LogP contribution in [0.15, 0.2) is 60.7 Å². The van der Waals surface area contributed by atoms with Crippen LogP contribution in [0, 0.1) is 0 Å². The molecule has 0 bridgehead atoms. The lowest BCUT2D eigenvalue weighted by atomic mass is 9.79. The first kappa shape index (κ1) is 14.3. The molecule has 0 saturated carbocycles. The summed E-state index contributed by atoms with van der Waals surface area (Å²) in [4.78, 5) is 25.5. The van der Waals surface area contributed by atoms with E-state index in [0.29, 0.717) is 0 Å². The quantitative estimate of drug-likeness (QED) is 0.631. The van der Waals surface area contributed by atoms with Gasteiger partial charge in [-0.15, -0.1) is 0 Å². The Balaban J connectivity index is 2.25. The van der Waals surface area contributed by atoms with Crippen molar-refractivity contribution in [3.05, 3.63) is 71.8 Å². The summed E-state index contributed by atoms with van der Waals surface area (Å²) in [6.45, 7) is 1.89. The Bertz CT molecular complexity index is 657. The summed E-state index contributed by atoms with van der Waals surface area (Å²) < 4.78 is 5.71. The Labute approximate surface area is 129 Å². The molecule has 1 atom stereocenters. The predicted octanol–water partition coefficient (Wildman–Crippen LogP) is 2.33. The molecule has 1 fully saturated rings. The molecule has 112 valence electrons. The van der Waals surface area contributed by atoms with Gasteiger partial charge in [-0.3, -0.25) is 4.79 Å². The lowest BCUT2D eigenvalue weighted by Crippen LogP contribution is -2.60. The molecule has 1 aliphatic heterocycles. The van der Waals surface area contributed by atoms with Crippen molar-refractivity contribution in [1.29, 1.82) is 0 Å². The molecule has 0 unspecified atom stereocenters. The van der Waals surface area contributed by atoms with Gasteiger partial charge < -0.3 is 9.64 Å². The highest BCUT2D eigenvalue weighted by Gasteiger charge is 2.52. The molecule has 0 N–H and O–H groups in total. The monoisotopic (exact) mass is 295 g/mol. The van der Waals surface area contributed by atoms with Gasteiger partial charge in [-0.2, -0.15) is 0 Å². The van der Waals surface area contributed by atoms with E-state index in [4.69, 9.17) is 4.74 Å². The standard InChI is InChI=1S/C18H17NO3/c1-13-18(14-9-5-3-6-10-14,15-11-7-4-8-12-15)22-17(21)16(20)19(13)2/h3-13H,1-2H3/t13-/m0/s1. The minimum Gasteiger partial charge on any atom is -0.440 e.